The summed E-state index contributed by atoms with van der Waals surface area (Å²) in [5.74, 6) is 0.189. The Morgan fingerprint density at radius 3 is 2.40 bits per heavy atom. The first-order valence-electron chi connectivity index (χ1n) is 9.68. The van der Waals surface area contributed by atoms with E-state index in [1.54, 1.807) is 17.5 Å². The summed E-state index contributed by atoms with van der Waals surface area (Å²) in [6.45, 7) is 0. The molecule has 0 fully saturated rings. The van der Waals surface area contributed by atoms with Crippen LogP contribution >= 0.6 is 11.3 Å². The number of thiazole rings is 1. The number of benzene rings is 3. The lowest BCUT2D eigenvalue weighted by Gasteiger charge is -2.21. The molecule has 0 amide bonds. The summed E-state index contributed by atoms with van der Waals surface area (Å²) >= 11 is 1.55. The Hall–Kier alpha value is -3.70. The van der Waals surface area contributed by atoms with Crippen molar-refractivity contribution in [3.8, 4) is 17.0 Å². The second-order valence-corrected chi connectivity index (χ2v) is 7.83. The summed E-state index contributed by atoms with van der Waals surface area (Å²) < 4.78 is 0. The predicted octanol–water partition coefficient (Wildman–Crippen LogP) is 6.27. The summed E-state index contributed by atoms with van der Waals surface area (Å²) in [7, 11) is 0. The predicted molar refractivity (Wildman–Crippen MR) is 123 cm³/mol. The van der Waals surface area contributed by atoms with E-state index in [0.29, 0.717) is 5.52 Å². The second-order valence-electron chi connectivity index (χ2n) is 6.97. The van der Waals surface area contributed by atoms with Crippen LogP contribution < -0.4 is 5.32 Å². The molecule has 4 nitrogen and oxygen atoms in total. The SMILES string of the molecule is Oc1c(C(Nc2nc(-c3ccccc3)cs2)c2ccccc2)ccc2cccnc12. The molecule has 5 aromatic rings. The number of hydrogen-bond donors (Lipinski definition) is 2. The average Bonchev–Trinajstić information content (AvgIpc) is 3.28. The number of aromatic nitrogens is 2. The molecular weight excluding hydrogens is 390 g/mol. The number of phenols is 1. The van der Waals surface area contributed by atoms with Crippen LogP contribution in [0.1, 0.15) is 17.2 Å². The summed E-state index contributed by atoms with van der Waals surface area (Å²) in [5, 5.41) is 18.3. The molecule has 0 aliphatic carbocycles. The fourth-order valence-corrected chi connectivity index (χ4v) is 4.32. The lowest BCUT2D eigenvalue weighted by atomic mass is 9.96. The molecule has 5 heteroatoms. The van der Waals surface area contributed by atoms with Crippen LogP contribution in [0.25, 0.3) is 22.2 Å². The first-order valence-corrected chi connectivity index (χ1v) is 10.6. The maximum Gasteiger partial charge on any atom is 0.183 e. The number of nitrogens with zero attached hydrogens (tertiary/aromatic N) is 2. The molecule has 0 saturated heterocycles. The van der Waals surface area contributed by atoms with Gasteiger partial charge in [0.2, 0.25) is 0 Å². The molecule has 0 aliphatic heterocycles. The maximum absolute atomic E-state index is 11.0. The fraction of sp³-hybridized carbons (Fsp3) is 0.0400. The third-order valence-electron chi connectivity index (χ3n) is 5.06. The molecule has 0 aliphatic rings. The molecule has 2 aromatic heterocycles. The lowest BCUT2D eigenvalue weighted by molar-refractivity contribution is 0.472. The molecule has 2 N–H and O–H groups in total. The molecule has 3 aromatic carbocycles. The third kappa shape index (κ3) is 3.51. The van der Waals surface area contributed by atoms with Crippen LogP contribution in [0.15, 0.2) is 96.5 Å². The highest BCUT2D eigenvalue weighted by Gasteiger charge is 2.21. The van der Waals surface area contributed by atoms with Crippen molar-refractivity contribution in [3.05, 3.63) is 108 Å². The van der Waals surface area contributed by atoms with Gasteiger partial charge in [0.05, 0.1) is 11.7 Å². The van der Waals surface area contributed by atoms with E-state index in [1.165, 1.54) is 0 Å². The quantitative estimate of drug-likeness (QED) is 0.359. The Kier molecular flexibility index (Phi) is 4.87. The largest absolute Gasteiger partial charge is 0.505 e. The van der Waals surface area contributed by atoms with E-state index in [1.807, 2.05) is 90.3 Å². The van der Waals surface area contributed by atoms with Crippen molar-refractivity contribution in [2.24, 2.45) is 0 Å². The van der Waals surface area contributed by atoms with Crippen LogP contribution in [0.5, 0.6) is 5.75 Å². The number of pyridine rings is 1. The highest BCUT2D eigenvalue weighted by Crippen LogP contribution is 2.37. The van der Waals surface area contributed by atoms with Crippen molar-refractivity contribution in [2.75, 3.05) is 5.32 Å². The minimum absolute atomic E-state index is 0.189. The van der Waals surface area contributed by atoms with Crippen LogP contribution in [0.3, 0.4) is 0 Å². The molecule has 30 heavy (non-hydrogen) atoms. The summed E-state index contributed by atoms with van der Waals surface area (Å²) in [6.07, 6.45) is 1.70. The Morgan fingerprint density at radius 1 is 0.833 bits per heavy atom. The minimum Gasteiger partial charge on any atom is -0.505 e. The van der Waals surface area contributed by atoms with Crippen molar-refractivity contribution in [3.63, 3.8) is 0 Å². The first kappa shape index (κ1) is 18.3. The zero-order valence-corrected chi connectivity index (χ0v) is 16.9. The number of nitrogens with one attached hydrogen (secondary N) is 1. The van der Waals surface area contributed by atoms with Crippen molar-refractivity contribution in [2.45, 2.75) is 6.04 Å². The van der Waals surface area contributed by atoms with Gasteiger partial charge in [-0.15, -0.1) is 11.3 Å². The van der Waals surface area contributed by atoms with Gasteiger partial charge in [-0.25, -0.2) is 4.98 Å². The Bertz CT molecular complexity index is 1290. The minimum atomic E-state index is -0.257. The summed E-state index contributed by atoms with van der Waals surface area (Å²) in [6, 6.07) is 27.7. The van der Waals surface area contributed by atoms with Gasteiger partial charge in [0.25, 0.3) is 0 Å². The third-order valence-corrected chi connectivity index (χ3v) is 5.84. The van der Waals surface area contributed by atoms with E-state index in [-0.39, 0.29) is 11.8 Å². The Labute approximate surface area is 178 Å². The normalized spacial score (nSPS) is 12.0. The zero-order chi connectivity index (χ0) is 20.3. The zero-order valence-electron chi connectivity index (χ0n) is 16.1. The molecule has 2 heterocycles. The van der Waals surface area contributed by atoms with E-state index >= 15 is 0 Å². The Morgan fingerprint density at radius 2 is 1.60 bits per heavy atom. The van der Waals surface area contributed by atoms with E-state index in [9.17, 15) is 5.11 Å². The van der Waals surface area contributed by atoms with Crippen molar-refractivity contribution in [1.29, 1.82) is 0 Å². The van der Waals surface area contributed by atoms with Crippen molar-refractivity contribution < 1.29 is 5.11 Å². The number of aromatic hydroxyl groups is 1. The van der Waals surface area contributed by atoms with Gasteiger partial charge in [0, 0.05) is 28.1 Å². The van der Waals surface area contributed by atoms with Crippen molar-refractivity contribution >= 4 is 27.4 Å². The van der Waals surface area contributed by atoms with Crippen LogP contribution in [-0.4, -0.2) is 15.1 Å². The molecule has 0 radical (unpaired) electrons. The van der Waals surface area contributed by atoms with E-state index in [0.717, 1.165) is 32.9 Å². The number of fused-ring (bicyclic) bond motifs is 1. The van der Waals surface area contributed by atoms with Gasteiger partial charge in [-0.2, -0.15) is 0 Å². The molecule has 1 atom stereocenters. The number of hydrogen-bond acceptors (Lipinski definition) is 5. The van der Waals surface area contributed by atoms with Gasteiger partial charge in [-0.1, -0.05) is 78.9 Å². The Balaban J connectivity index is 1.56. The van der Waals surface area contributed by atoms with Crippen LogP contribution in [-0.2, 0) is 0 Å². The monoisotopic (exact) mass is 409 g/mol. The highest BCUT2D eigenvalue weighted by atomic mass is 32.1. The number of rotatable bonds is 5. The number of phenolic OH excluding ortho intramolecular Hbond substituents is 1. The van der Waals surface area contributed by atoms with Crippen LogP contribution in [0.2, 0.25) is 0 Å². The van der Waals surface area contributed by atoms with Crippen LogP contribution in [0.4, 0.5) is 5.13 Å². The van der Waals surface area contributed by atoms with Crippen LogP contribution in [0, 0.1) is 0 Å². The molecule has 0 bridgehead atoms. The van der Waals surface area contributed by atoms with E-state index < -0.39 is 0 Å². The smallest absolute Gasteiger partial charge is 0.183 e. The standard InChI is InChI=1S/C25H19N3OS/c29-24-20(14-13-19-12-7-15-26-23(19)24)22(18-10-5-2-6-11-18)28-25-27-21(16-30-25)17-8-3-1-4-9-17/h1-16,22,29H,(H,27,28). The first-order chi connectivity index (χ1) is 14.8. The van der Waals surface area contributed by atoms with Gasteiger partial charge in [0.15, 0.2) is 5.13 Å². The highest BCUT2D eigenvalue weighted by molar-refractivity contribution is 7.14. The molecule has 1 unspecified atom stereocenters. The maximum atomic E-state index is 11.0. The lowest BCUT2D eigenvalue weighted by Crippen LogP contribution is -2.12. The topological polar surface area (TPSA) is 58.0 Å². The van der Waals surface area contributed by atoms with E-state index in [2.05, 4.69) is 10.3 Å². The molecule has 0 saturated carbocycles. The molecular formula is C25H19N3OS. The number of anilines is 1. The van der Waals surface area contributed by atoms with Gasteiger partial charge in [-0.05, 0) is 11.6 Å². The fourth-order valence-electron chi connectivity index (χ4n) is 3.57. The second kappa shape index (κ2) is 7.97. The van der Waals surface area contributed by atoms with Gasteiger partial charge in [0.1, 0.15) is 11.3 Å². The average molecular weight is 410 g/mol. The molecule has 5 rings (SSSR count). The summed E-state index contributed by atoms with van der Waals surface area (Å²) in [4.78, 5) is 9.15. The van der Waals surface area contributed by atoms with Crippen molar-refractivity contribution in [1.82, 2.24) is 9.97 Å². The van der Waals surface area contributed by atoms with E-state index in [4.69, 9.17) is 4.98 Å². The van der Waals surface area contributed by atoms with Gasteiger partial charge < -0.3 is 10.4 Å². The summed E-state index contributed by atoms with van der Waals surface area (Å²) in [5.41, 5.74) is 4.42. The van der Waals surface area contributed by atoms with Gasteiger partial charge >= 0.3 is 0 Å². The molecule has 0 spiro atoms. The van der Waals surface area contributed by atoms with Gasteiger partial charge in [-0.3, -0.25) is 4.98 Å². The molecule has 146 valence electrons.